The standard InChI is InChI=1S/C12H13NO.C12H13N/c1-9(2)10-5-6-12-11(8-10)4-3-7-13(12)14;1-9(2)10-5-6-12-11(8-10)4-3-7-13-12/h3-9H,1-2H3;3-9H,1-2H3. The van der Waals surface area contributed by atoms with E-state index in [-0.39, 0.29) is 0 Å². The Morgan fingerprint density at radius 1 is 0.778 bits per heavy atom. The highest BCUT2D eigenvalue weighted by molar-refractivity contribution is 5.79. The molecule has 138 valence electrons. The second-order valence-electron chi connectivity index (χ2n) is 7.42. The Balaban J connectivity index is 0.000000156. The molecule has 4 rings (SSSR count). The number of hydrogen-bond donors (Lipinski definition) is 0. The van der Waals surface area contributed by atoms with Crippen LogP contribution in [0.5, 0.6) is 0 Å². The number of nitrogens with zero attached hydrogens (tertiary/aromatic N) is 2. The summed E-state index contributed by atoms with van der Waals surface area (Å²) in [6, 6.07) is 20.3. The van der Waals surface area contributed by atoms with Crippen LogP contribution in [0.15, 0.2) is 73.1 Å². The van der Waals surface area contributed by atoms with Crippen LogP contribution in [-0.4, -0.2) is 4.98 Å². The van der Waals surface area contributed by atoms with Crippen molar-refractivity contribution in [3.63, 3.8) is 0 Å². The average molecular weight is 358 g/mol. The molecule has 0 aliphatic rings. The maximum Gasteiger partial charge on any atom is 0.223 e. The summed E-state index contributed by atoms with van der Waals surface area (Å²) in [6.45, 7) is 8.71. The zero-order chi connectivity index (χ0) is 19.4. The third-order valence-corrected chi connectivity index (χ3v) is 4.75. The minimum absolute atomic E-state index is 0.500. The molecule has 0 saturated heterocycles. The van der Waals surface area contributed by atoms with Crippen LogP contribution < -0.4 is 4.73 Å². The summed E-state index contributed by atoms with van der Waals surface area (Å²) in [5, 5.41) is 13.6. The van der Waals surface area contributed by atoms with Gasteiger partial charge in [0, 0.05) is 29.1 Å². The molecule has 4 aromatic rings. The van der Waals surface area contributed by atoms with Crippen LogP contribution >= 0.6 is 0 Å². The first-order valence-electron chi connectivity index (χ1n) is 9.42. The van der Waals surface area contributed by atoms with Gasteiger partial charge >= 0.3 is 0 Å². The number of benzene rings is 2. The van der Waals surface area contributed by atoms with E-state index in [2.05, 4.69) is 63.0 Å². The molecule has 0 N–H and O–H groups in total. The van der Waals surface area contributed by atoms with Crippen molar-refractivity contribution in [3.8, 4) is 0 Å². The highest BCUT2D eigenvalue weighted by atomic mass is 16.5. The maximum atomic E-state index is 11.4. The van der Waals surface area contributed by atoms with Gasteiger partial charge in [-0.15, -0.1) is 0 Å². The first-order chi connectivity index (χ1) is 13.0. The normalized spacial score (nSPS) is 11.0. The van der Waals surface area contributed by atoms with Crippen LogP contribution in [0.4, 0.5) is 0 Å². The molecular weight excluding hydrogens is 332 g/mol. The van der Waals surface area contributed by atoms with Crippen LogP contribution in [-0.2, 0) is 0 Å². The summed E-state index contributed by atoms with van der Waals surface area (Å²) >= 11 is 0. The minimum Gasteiger partial charge on any atom is -0.618 e. The molecule has 0 amide bonds. The van der Waals surface area contributed by atoms with Crippen molar-refractivity contribution in [2.45, 2.75) is 39.5 Å². The van der Waals surface area contributed by atoms with Gasteiger partial charge in [0.1, 0.15) is 0 Å². The summed E-state index contributed by atoms with van der Waals surface area (Å²) in [5.41, 5.74) is 4.45. The van der Waals surface area contributed by atoms with Gasteiger partial charge in [0.25, 0.3) is 0 Å². The molecule has 0 aliphatic carbocycles. The SMILES string of the molecule is CC(C)c1ccc2c(ccc[n+]2[O-])c1.CC(C)c1ccc2ncccc2c1. The van der Waals surface area contributed by atoms with Crippen molar-refractivity contribution < 1.29 is 4.73 Å². The summed E-state index contributed by atoms with van der Waals surface area (Å²) < 4.78 is 0.902. The molecule has 2 heterocycles. The van der Waals surface area contributed by atoms with Crippen molar-refractivity contribution in [3.05, 3.63) is 89.4 Å². The van der Waals surface area contributed by atoms with E-state index in [4.69, 9.17) is 0 Å². The van der Waals surface area contributed by atoms with Gasteiger partial charge in [-0.1, -0.05) is 45.9 Å². The molecule has 0 radical (unpaired) electrons. The van der Waals surface area contributed by atoms with E-state index in [9.17, 15) is 5.21 Å². The molecule has 3 heteroatoms. The Morgan fingerprint density at radius 2 is 1.41 bits per heavy atom. The number of pyridine rings is 2. The van der Waals surface area contributed by atoms with E-state index in [1.165, 1.54) is 22.7 Å². The van der Waals surface area contributed by atoms with Crippen molar-refractivity contribution >= 4 is 21.8 Å². The van der Waals surface area contributed by atoms with Gasteiger partial charge in [-0.2, -0.15) is 4.73 Å². The van der Waals surface area contributed by atoms with E-state index < -0.39 is 0 Å². The van der Waals surface area contributed by atoms with Gasteiger partial charge in [0.05, 0.1) is 5.52 Å². The fraction of sp³-hybridized carbons (Fsp3) is 0.250. The first-order valence-corrected chi connectivity index (χ1v) is 9.42. The average Bonchev–Trinajstić information content (AvgIpc) is 2.68. The topological polar surface area (TPSA) is 39.8 Å². The molecule has 0 spiro atoms. The van der Waals surface area contributed by atoms with Gasteiger partial charge in [0.15, 0.2) is 6.20 Å². The molecule has 0 atom stereocenters. The molecule has 0 fully saturated rings. The highest BCUT2D eigenvalue weighted by Crippen LogP contribution is 2.20. The lowest BCUT2D eigenvalue weighted by Gasteiger charge is -2.06. The molecule has 0 saturated carbocycles. The molecule has 3 nitrogen and oxygen atoms in total. The molecule has 2 aromatic carbocycles. The molecular formula is C24H26N2O. The van der Waals surface area contributed by atoms with Gasteiger partial charge in [-0.05, 0) is 53.3 Å². The number of aromatic nitrogens is 2. The van der Waals surface area contributed by atoms with Crippen molar-refractivity contribution in [2.24, 2.45) is 0 Å². The lowest BCUT2D eigenvalue weighted by molar-refractivity contribution is -0.577. The Labute approximate surface area is 160 Å². The van der Waals surface area contributed by atoms with Gasteiger partial charge in [-0.3, -0.25) is 4.98 Å². The zero-order valence-electron chi connectivity index (χ0n) is 16.4. The molecule has 0 aliphatic heterocycles. The van der Waals surface area contributed by atoms with Crippen LogP contribution in [0.25, 0.3) is 21.8 Å². The lowest BCUT2D eigenvalue weighted by Crippen LogP contribution is -2.25. The summed E-state index contributed by atoms with van der Waals surface area (Å²) in [7, 11) is 0. The highest BCUT2D eigenvalue weighted by Gasteiger charge is 2.05. The second kappa shape index (κ2) is 8.17. The van der Waals surface area contributed by atoms with E-state index in [0.29, 0.717) is 11.8 Å². The summed E-state index contributed by atoms with van der Waals surface area (Å²) in [4.78, 5) is 4.28. The van der Waals surface area contributed by atoms with E-state index >= 15 is 0 Å². The predicted molar refractivity (Wildman–Crippen MR) is 113 cm³/mol. The van der Waals surface area contributed by atoms with Crippen molar-refractivity contribution in [1.82, 2.24) is 4.98 Å². The maximum absolute atomic E-state index is 11.4. The molecule has 2 aromatic heterocycles. The second-order valence-corrected chi connectivity index (χ2v) is 7.42. The minimum atomic E-state index is 0.500. The van der Waals surface area contributed by atoms with Crippen molar-refractivity contribution in [1.29, 1.82) is 0 Å². The van der Waals surface area contributed by atoms with Crippen LogP contribution in [0.3, 0.4) is 0 Å². The fourth-order valence-corrected chi connectivity index (χ4v) is 3.02. The smallest absolute Gasteiger partial charge is 0.223 e. The van der Waals surface area contributed by atoms with Crippen LogP contribution in [0, 0.1) is 5.21 Å². The Kier molecular flexibility index (Phi) is 5.70. The molecule has 0 unspecified atom stereocenters. The summed E-state index contributed by atoms with van der Waals surface area (Å²) in [6.07, 6.45) is 3.36. The molecule has 27 heavy (non-hydrogen) atoms. The number of fused-ring (bicyclic) bond motifs is 2. The largest absolute Gasteiger partial charge is 0.618 e. The number of hydrogen-bond acceptors (Lipinski definition) is 2. The monoisotopic (exact) mass is 358 g/mol. The summed E-state index contributed by atoms with van der Waals surface area (Å²) in [5.74, 6) is 1.09. The van der Waals surface area contributed by atoms with Gasteiger partial charge in [0.2, 0.25) is 5.52 Å². The first kappa shape index (κ1) is 18.8. The van der Waals surface area contributed by atoms with Gasteiger partial charge in [-0.25, -0.2) is 0 Å². The quantitative estimate of drug-likeness (QED) is 0.328. The van der Waals surface area contributed by atoms with E-state index in [1.807, 2.05) is 30.5 Å². The Bertz CT molecular complexity index is 1050. The number of rotatable bonds is 2. The third-order valence-electron chi connectivity index (χ3n) is 4.75. The Hall–Kier alpha value is -2.94. The van der Waals surface area contributed by atoms with E-state index in [0.717, 1.165) is 21.2 Å². The van der Waals surface area contributed by atoms with Crippen molar-refractivity contribution in [2.75, 3.05) is 0 Å². The van der Waals surface area contributed by atoms with E-state index in [1.54, 1.807) is 6.07 Å². The van der Waals surface area contributed by atoms with Gasteiger partial charge < -0.3 is 5.21 Å². The lowest BCUT2D eigenvalue weighted by atomic mass is 10.0. The zero-order valence-corrected chi connectivity index (χ0v) is 16.4. The van der Waals surface area contributed by atoms with Crippen LogP contribution in [0.1, 0.15) is 50.7 Å². The van der Waals surface area contributed by atoms with Crippen LogP contribution in [0.2, 0.25) is 0 Å². The fourth-order valence-electron chi connectivity index (χ4n) is 3.02. The third kappa shape index (κ3) is 4.43. The Morgan fingerprint density at radius 3 is 2.11 bits per heavy atom. The molecule has 0 bridgehead atoms. The predicted octanol–water partition coefficient (Wildman–Crippen LogP) is 5.95.